The van der Waals surface area contributed by atoms with Crippen LogP contribution in [0.3, 0.4) is 0 Å². The number of unbranched alkanes of at least 4 members (excludes halogenated alkanes) is 2. The first-order valence-electron chi connectivity index (χ1n) is 4.45. The normalized spacial score (nSPS) is 6.29. The first-order chi connectivity index (χ1) is 5.83. The van der Waals surface area contributed by atoms with Gasteiger partial charge in [-0.3, -0.25) is 6.58 Å². The van der Waals surface area contributed by atoms with Gasteiger partial charge in [-0.15, -0.1) is 0 Å². The summed E-state index contributed by atoms with van der Waals surface area (Å²) in [7, 11) is 0. The molecule has 0 saturated heterocycles. The van der Waals surface area contributed by atoms with Crippen molar-refractivity contribution in [2.75, 3.05) is 13.2 Å². The second kappa shape index (κ2) is 50.4. The number of hydrogen-bond donors (Lipinski definition) is 2. The van der Waals surface area contributed by atoms with Gasteiger partial charge in [0, 0.05) is 13.2 Å². The molecule has 0 rings (SSSR count). The number of aliphatic hydroxyl groups excluding tert-OH is 2. The number of aliphatic hydroxyl groups is 2. The van der Waals surface area contributed by atoms with E-state index in [1.807, 2.05) is 0 Å². The van der Waals surface area contributed by atoms with Crippen LogP contribution in [0.25, 0.3) is 0 Å². The van der Waals surface area contributed by atoms with Crippen molar-refractivity contribution in [3.63, 3.8) is 0 Å². The van der Waals surface area contributed by atoms with E-state index >= 15 is 0 Å². The van der Waals surface area contributed by atoms with Gasteiger partial charge in [-0.1, -0.05) is 26.7 Å². The Hall–Kier alpha value is 0.374. The van der Waals surface area contributed by atoms with Crippen LogP contribution in [-0.2, 0) is 21.7 Å². The molecule has 0 saturated carbocycles. The Bertz CT molecular complexity index is 42.6. The van der Waals surface area contributed by atoms with Crippen molar-refractivity contribution in [3.8, 4) is 0 Å². The molecule has 0 spiro atoms. The van der Waals surface area contributed by atoms with Gasteiger partial charge in [0.1, 0.15) is 0 Å². The minimum atomic E-state index is 0. The van der Waals surface area contributed by atoms with Gasteiger partial charge < -0.3 is 24.2 Å². The molecule has 0 aliphatic heterocycles. The average molecular weight is 238 g/mol. The fourth-order valence-corrected chi connectivity index (χ4v) is 0.316. The second-order valence-electron chi connectivity index (χ2n) is 2.15. The molecule has 0 atom stereocenters. The Kier molecular flexibility index (Phi) is 105. The van der Waals surface area contributed by atoms with Crippen LogP contribution in [0, 0.1) is 14.0 Å². The first kappa shape index (κ1) is 29.3. The smallest absolute Gasteiger partial charge is 0.521 e. The van der Waals surface area contributed by atoms with Crippen LogP contribution in [0.1, 0.15) is 39.5 Å². The topological polar surface area (TPSA) is 40.5 Å². The Morgan fingerprint density at radius 2 is 1.14 bits per heavy atom. The van der Waals surface area contributed by atoms with Crippen molar-refractivity contribution in [2.45, 2.75) is 39.5 Å². The SMILES string of the molecule is CCCCO.CCCCO.[CH-]=C.[CH3-].[Ti+2]. The van der Waals surface area contributed by atoms with Crippen LogP contribution in [0.4, 0.5) is 0 Å². The summed E-state index contributed by atoms with van der Waals surface area (Å²) in [5.74, 6) is 0. The summed E-state index contributed by atoms with van der Waals surface area (Å²) >= 11 is 0. The van der Waals surface area contributed by atoms with E-state index in [-0.39, 0.29) is 29.1 Å². The molecule has 0 radical (unpaired) electrons. The third-order valence-electron chi connectivity index (χ3n) is 1.02. The van der Waals surface area contributed by atoms with Gasteiger partial charge in [-0.05, 0) is 12.8 Å². The largest absolute Gasteiger partial charge is 2.00 e. The molecular weight excluding hydrogens is 212 g/mol. The quantitative estimate of drug-likeness (QED) is 0.583. The van der Waals surface area contributed by atoms with E-state index in [1.54, 1.807) is 0 Å². The molecule has 0 aliphatic carbocycles. The molecule has 2 nitrogen and oxygen atoms in total. The maximum atomic E-state index is 8.07. The Balaban J connectivity index is -0.0000000292. The molecule has 86 valence electrons. The molecule has 14 heavy (non-hydrogen) atoms. The third-order valence-corrected chi connectivity index (χ3v) is 1.02. The van der Waals surface area contributed by atoms with Crippen LogP contribution in [0.15, 0.2) is 6.58 Å². The molecule has 3 heteroatoms. The molecule has 0 aromatic rings. The maximum Gasteiger partial charge on any atom is 2.00 e. The molecule has 2 N–H and O–H groups in total. The third kappa shape index (κ3) is 83.7. The van der Waals surface area contributed by atoms with Gasteiger partial charge in [0.15, 0.2) is 0 Å². The molecule has 0 aliphatic rings. The fraction of sp³-hybridized carbons (Fsp3) is 0.727. The molecule has 0 bridgehead atoms. The summed E-state index contributed by atoms with van der Waals surface area (Å²) in [5, 5.41) is 16.1. The maximum absolute atomic E-state index is 8.07. The summed E-state index contributed by atoms with van der Waals surface area (Å²) in [6, 6.07) is 0. The van der Waals surface area contributed by atoms with E-state index in [0.29, 0.717) is 13.2 Å². The number of rotatable bonds is 4. The van der Waals surface area contributed by atoms with Crippen molar-refractivity contribution >= 4 is 0 Å². The summed E-state index contributed by atoms with van der Waals surface area (Å²) in [4.78, 5) is 0. The summed E-state index contributed by atoms with van der Waals surface area (Å²) in [6.45, 7) is 11.8. The van der Waals surface area contributed by atoms with E-state index in [1.165, 1.54) is 0 Å². The van der Waals surface area contributed by atoms with Crippen molar-refractivity contribution in [2.24, 2.45) is 0 Å². The van der Waals surface area contributed by atoms with Crippen molar-refractivity contribution < 1.29 is 31.9 Å². The van der Waals surface area contributed by atoms with Crippen molar-refractivity contribution in [1.82, 2.24) is 0 Å². The molecule has 0 aromatic carbocycles. The van der Waals surface area contributed by atoms with Crippen molar-refractivity contribution in [1.29, 1.82) is 0 Å². The van der Waals surface area contributed by atoms with Gasteiger partial charge in [0.2, 0.25) is 0 Å². The summed E-state index contributed by atoms with van der Waals surface area (Å²) in [5.41, 5.74) is 0. The zero-order valence-electron chi connectivity index (χ0n) is 9.92. The Morgan fingerprint density at radius 3 is 1.14 bits per heavy atom. The zero-order valence-corrected chi connectivity index (χ0v) is 11.5. The van der Waals surface area contributed by atoms with Crippen LogP contribution >= 0.6 is 0 Å². The predicted molar refractivity (Wildman–Crippen MR) is 60.3 cm³/mol. The monoisotopic (exact) mass is 238 g/mol. The molecule has 0 aromatic heterocycles. The number of hydrogen-bond acceptors (Lipinski definition) is 2. The van der Waals surface area contributed by atoms with Gasteiger partial charge >= 0.3 is 21.7 Å². The van der Waals surface area contributed by atoms with E-state index in [4.69, 9.17) is 10.2 Å². The van der Waals surface area contributed by atoms with Gasteiger partial charge in [0.25, 0.3) is 0 Å². The minimum absolute atomic E-state index is 0. The van der Waals surface area contributed by atoms with Gasteiger partial charge in [0.05, 0.1) is 0 Å². The van der Waals surface area contributed by atoms with Crippen LogP contribution in [-0.4, -0.2) is 23.4 Å². The molecule has 0 unspecified atom stereocenters. The Labute approximate surface area is 105 Å². The summed E-state index contributed by atoms with van der Waals surface area (Å²) < 4.78 is 0. The zero-order chi connectivity index (χ0) is 10.2. The van der Waals surface area contributed by atoms with E-state index in [9.17, 15) is 0 Å². The molecule has 0 fully saturated rings. The fourth-order valence-electron chi connectivity index (χ4n) is 0.316. The van der Waals surface area contributed by atoms with Crippen LogP contribution in [0.2, 0.25) is 0 Å². The van der Waals surface area contributed by atoms with E-state index < -0.39 is 0 Å². The minimum Gasteiger partial charge on any atom is -0.521 e. The Morgan fingerprint density at radius 1 is 0.929 bits per heavy atom. The van der Waals surface area contributed by atoms with Crippen LogP contribution < -0.4 is 0 Å². The van der Waals surface area contributed by atoms with E-state index in [0.717, 1.165) is 25.7 Å². The predicted octanol–water partition coefficient (Wildman–Crippen LogP) is 2.61. The summed E-state index contributed by atoms with van der Waals surface area (Å²) in [6.07, 6.45) is 4.08. The van der Waals surface area contributed by atoms with E-state index in [2.05, 4.69) is 27.0 Å². The average Bonchev–Trinajstić information content (AvgIpc) is 2.12. The second-order valence-corrected chi connectivity index (χ2v) is 2.15. The molecular formula is C11H26O2Ti. The molecule has 0 heterocycles. The first-order valence-corrected chi connectivity index (χ1v) is 4.45. The van der Waals surface area contributed by atoms with Crippen LogP contribution in [0.5, 0.6) is 0 Å². The molecule has 0 amide bonds. The standard InChI is InChI=1S/2C4H10O.C2H3.CH3.Ti/c2*1-2-3-4-5;1-2;;/h2*5H,2-4H2,1H3;1H,2H2;1H3;/q;;2*-1;+2. The van der Waals surface area contributed by atoms with Gasteiger partial charge in [-0.2, -0.15) is 0 Å². The van der Waals surface area contributed by atoms with Crippen molar-refractivity contribution in [3.05, 3.63) is 20.6 Å². The van der Waals surface area contributed by atoms with Gasteiger partial charge in [-0.25, -0.2) is 0 Å².